The average molecular weight is 647 g/mol. The monoisotopic (exact) mass is 645 g/mol. The number of nitrogens with zero attached hydrogens (tertiary/aromatic N) is 3. The van der Waals surface area contributed by atoms with E-state index in [4.69, 9.17) is 0 Å². The van der Waals surface area contributed by atoms with Crippen molar-refractivity contribution < 1.29 is 19.5 Å². The number of benzene rings is 1. The molecule has 0 aliphatic carbocycles. The number of fused-ring (bicyclic) bond motifs is 1. The highest BCUT2D eigenvalue weighted by Gasteiger charge is 2.76. The van der Waals surface area contributed by atoms with Crippen LogP contribution < -0.4 is 4.90 Å². The number of carbonyl (C=O) groups is 3. The molecule has 224 valence electrons. The Morgan fingerprint density at radius 3 is 2.56 bits per heavy atom. The lowest BCUT2D eigenvalue weighted by Crippen LogP contribution is -2.56. The number of alkyl halides is 1. The zero-order valence-electron chi connectivity index (χ0n) is 24.6. The smallest absolute Gasteiger partial charge is 0.251 e. The molecule has 6 atom stereocenters. The van der Waals surface area contributed by atoms with Crippen molar-refractivity contribution in [2.75, 3.05) is 37.7 Å². The summed E-state index contributed by atoms with van der Waals surface area (Å²) in [7, 11) is 0. The second-order valence-corrected chi connectivity index (χ2v) is 14.3. The van der Waals surface area contributed by atoms with Crippen LogP contribution in [0, 0.1) is 25.7 Å². The van der Waals surface area contributed by atoms with Crippen LogP contribution in [0.4, 0.5) is 5.69 Å². The molecule has 0 radical (unpaired) electrons. The Balaban J connectivity index is 1.79. The first kappa shape index (κ1) is 31.8. The van der Waals surface area contributed by atoms with Gasteiger partial charge in [-0.05, 0) is 63.1 Å². The maximum Gasteiger partial charge on any atom is 0.251 e. The third-order valence-corrected chi connectivity index (χ3v) is 12.0. The molecule has 1 spiro atoms. The van der Waals surface area contributed by atoms with E-state index in [0.29, 0.717) is 45.4 Å². The minimum absolute atomic E-state index is 0.0144. The predicted molar refractivity (Wildman–Crippen MR) is 170 cm³/mol. The Bertz CT molecular complexity index is 1180. The Labute approximate surface area is 257 Å². The minimum Gasteiger partial charge on any atom is -0.396 e. The Morgan fingerprint density at radius 2 is 1.90 bits per heavy atom. The number of aryl methyl sites for hydroxylation is 2. The van der Waals surface area contributed by atoms with Crippen LogP contribution in [-0.2, 0) is 14.4 Å². The third-order valence-electron chi connectivity index (χ3n) is 8.75. The van der Waals surface area contributed by atoms with E-state index in [1.165, 1.54) is 0 Å². The SMILES string of the molecule is C=CCN(CCC)C(=O)[C@H]1[C@@H]2SC3(CC2Br)C(C(=O)N(CC=C)c2cc(C)ccc2C)N(CCCCCO)C(=O)[C@H]13. The van der Waals surface area contributed by atoms with Gasteiger partial charge in [-0.1, -0.05) is 47.1 Å². The summed E-state index contributed by atoms with van der Waals surface area (Å²) in [4.78, 5) is 48.7. The van der Waals surface area contributed by atoms with Crippen LogP contribution in [0.25, 0.3) is 0 Å². The van der Waals surface area contributed by atoms with Gasteiger partial charge < -0.3 is 19.8 Å². The number of thioether (sulfide) groups is 1. The van der Waals surface area contributed by atoms with E-state index in [2.05, 4.69) is 29.1 Å². The van der Waals surface area contributed by atoms with E-state index >= 15 is 0 Å². The van der Waals surface area contributed by atoms with Gasteiger partial charge in [0.15, 0.2) is 0 Å². The molecule has 3 aliphatic rings. The summed E-state index contributed by atoms with van der Waals surface area (Å²) in [6, 6.07) is 5.37. The van der Waals surface area contributed by atoms with Crippen LogP contribution in [0.15, 0.2) is 43.5 Å². The molecule has 3 amide bonds. The molecule has 0 saturated carbocycles. The summed E-state index contributed by atoms with van der Waals surface area (Å²) < 4.78 is -0.701. The lowest BCUT2D eigenvalue weighted by Gasteiger charge is -2.38. The second kappa shape index (κ2) is 13.5. The van der Waals surface area contributed by atoms with Crippen LogP contribution in [-0.4, -0.2) is 86.3 Å². The van der Waals surface area contributed by atoms with E-state index in [9.17, 15) is 19.5 Å². The number of anilines is 1. The summed E-state index contributed by atoms with van der Waals surface area (Å²) in [6.07, 6.45) is 7.03. The maximum absolute atomic E-state index is 14.8. The minimum atomic E-state index is -0.701. The Hall–Kier alpha value is -2.10. The van der Waals surface area contributed by atoms with E-state index in [-0.39, 0.29) is 34.4 Å². The van der Waals surface area contributed by atoms with Gasteiger partial charge in [0.05, 0.1) is 16.6 Å². The number of carbonyl (C=O) groups excluding carboxylic acids is 3. The van der Waals surface area contributed by atoms with Gasteiger partial charge in [-0.15, -0.1) is 24.9 Å². The molecule has 3 unspecified atom stereocenters. The van der Waals surface area contributed by atoms with Gasteiger partial charge in [0.2, 0.25) is 11.8 Å². The highest BCUT2D eigenvalue weighted by atomic mass is 79.9. The summed E-state index contributed by atoms with van der Waals surface area (Å²) in [5.74, 6) is -1.27. The van der Waals surface area contributed by atoms with E-state index in [1.807, 2.05) is 43.9 Å². The van der Waals surface area contributed by atoms with Crippen molar-refractivity contribution in [3.8, 4) is 0 Å². The summed E-state index contributed by atoms with van der Waals surface area (Å²) in [6.45, 7) is 15.7. The first-order valence-corrected chi connectivity index (χ1v) is 16.6. The maximum atomic E-state index is 14.8. The van der Waals surface area contributed by atoms with Crippen molar-refractivity contribution in [3.63, 3.8) is 0 Å². The van der Waals surface area contributed by atoms with Crippen molar-refractivity contribution in [1.82, 2.24) is 9.80 Å². The zero-order chi connectivity index (χ0) is 29.9. The molecule has 1 aromatic carbocycles. The zero-order valence-corrected chi connectivity index (χ0v) is 27.0. The average Bonchev–Trinajstić information content (AvgIpc) is 3.53. The van der Waals surface area contributed by atoms with Gasteiger partial charge in [0, 0.05) is 48.6 Å². The lowest BCUT2D eigenvalue weighted by molar-refractivity contribution is -0.143. The molecule has 3 aliphatic heterocycles. The Morgan fingerprint density at radius 1 is 1.17 bits per heavy atom. The highest BCUT2D eigenvalue weighted by Crippen LogP contribution is 2.68. The van der Waals surface area contributed by atoms with Crippen molar-refractivity contribution in [1.29, 1.82) is 0 Å². The number of hydrogen-bond acceptors (Lipinski definition) is 5. The van der Waals surface area contributed by atoms with Crippen molar-refractivity contribution in [2.24, 2.45) is 11.8 Å². The number of halogens is 1. The van der Waals surface area contributed by atoms with Crippen LogP contribution in [0.5, 0.6) is 0 Å². The molecule has 1 N–H and O–H groups in total. The Kier molecular flexibility index (Phi) is 10.5. The lowest BCUT2D eigenvalue weighted by atomic mass is 9.70. The standard InChI is InChI=1S/C32H44BrN3O4S/c1-6-14-34(15-7-2)29(38)25-26-30(39)36(17-10-9-11-18-37)28(32(26)20-23(33)27(25)41-32)31(40)35(16-8-3)24-19-21(4)12-13-22(24)5/h6,8,12-13,19,23,25-28,37H,1,3,7,9-11,14-18,20H2,2,4-5H3/t23?,25-,26+,27-,28?,32?/m1/s1. The topological polar surface area (TPSA) is 81.2 Å². The first-order valence-electron chi connectivity index (χ1n) is 14.8. The quantitative estimate of drug-likeness (QED) is 0.177. The van der Waals surface area contributed by atoms with E-state index in [1.54, 1.807) is 33.7 Å². The number of aliphatic hydroxyl groups is 1. The first-order chi connectivity index (χ1) is 19.7. The molecule has 3 fully saturated rings. The number of likely N-dealkylation sites (tertiary alicyclic amines) is 1. The van der Waals surface area contributed by atoms with Crippen LogP contribution >= 0.6 is 27.7 Å². The second-order valence-electron chi connectivity index (χ2n) is 11.6. The highest BCUT2D eigenvalue weighted by molar-refractivity contribution is 9.09. The van der Waals surface area contributed by atoms with Gasteiger partial charge in [0.25, 0.3) is 5.91 Å². The number of aliphatic hydroxyl groups excluding tert-OH is 1. The molecule has 9 heteroatoms. The molecule has 2 bridgehead atoms. The fourth-order valence-electron chi connectivity index (χ4n) is 7.02. The number of rotatable bonds is 14. The fraction of sp³-hybridized carbons (Fsp3) is 0.594. The normalized spacial score (nSPS) is 28.1. The molecule has 7 nitrogen and oxygen atoms in total. The molecule has 3 heterocycles. The van der Waals surface area contributed by atoms with E-state index < -0.39 is 22.6 Å². The molecule has 3 saturated heterocycles. The molecular weight excluding hydrogens is 602 g/mol. The third kappa shape index (κ3) is 5.78. The summed E-state index contributed by atoms with van der Waals surface area (Å²) in [5.41, 5.74) is 2.85. The van der Waals surface area contributed by atoms with Gasteiger partial charge in [-0.25, -0.2) is 0 Å². The fourth-order valence-corrected chi connectivity index (χ4v) is 10.6. The number of hydrogen-bond donors (Lipinski definition) is 1. The molecule has 1 aromatic rings. The summed E-state index contributed by atoms with van der Waals surface area (Å²) in [5, 5.41) is 9.25. The van der Waals surface area contributed by atoms with Gasteiger partial charge in [-0.3, -0.25) is 14.4 Å². The summed E-state index contributed by atoms with van der Waals surface area (Å²) >= 11 is 5.55. The predicted octanol–water partition coefficient (Wildman–Crippen LogP) is 4.87. The van der Waals surface area contributed by atoms with Crippen LogP contribution in [0.1, 0.15) is 50.2 Å². The van der Waals surface area contributed by atoms with Gasteiger partial charge in [-0.2, -0.15) is 0 Å². The van der Waals surface area contributed by atoms with Crippen molar-refractivity contribution >= 4 is 51.1 Å². The van der Waals surface area contributed by atoms with Crippen molar-refractivity contribution in [2.45, 2.75) is 73.7 Å². The van der Waals surface area contributed by atoms with Gasteiger partial charge >= 0.3 is 0 Å². The van der Waals surface area contributed by atoms with E-state index in [0.717, 1.165) is 29.7 Å². The molecular formula is C32H44BrN3O4S. The van der Waals surface area contributed by atoms with Crippen LogP contribution in [0.2, 0.25) is 0 Å². The molecule has 0 aromatic heterocycles. The van der Waals surface area contributed by atoms with Crippen molar-refractivity contribution in [3.05, 3.63) is 54.6 Å². The largest absolute Gasteiger partial charge is 0.396 e. The number of amides is 3. The molecule has 41 heavy (non-hydrogen) atoms. The number of unbranched alkanes of at least 4 members (excludes halogenated alkanes) is 2. The van der Waals surface area contributed by atoms with Crippen LogP contribution in [0.3, 0.4) is 0 Å². The molecule has 4 rings (SSSR count). The van der Waals surface area contributed by atoms with Gasteiger partial charge in [0.1, 0.15) is 6.04 Å².